The van der Waals surface area contributed by atoms with Gasteiger partial charge < -0.3 is 29.7 Å². The number of anilines is 1. The first-order valence-electron chi connectivity index (χ1n) is 12.3. The van der Waals surface area contributed by atoms with Crippen LogP contribution in [0.1, 0.15) is 35.4 Å². The Bertz CT molecular complexity index is 1100. The molecule has 4 atom stereocenters. The van der Waals surface area contributed by atoms with E-state index in [4.69, 9.17) is 9.47 Å². The van der Waals surface area contributed by atoms with E-state index in [1.54, 1.807) is 0 Å². The van der Waals surface area contributed by atoms with Gasteiger partial charge in [0, 0.05) is 30.3 Å². The molecule has 0 unspecified atom stereocenters. The molecular weight excluding hydrogens is 446 g/mol. The molecule has 0 aromatic heterocycles. The third-order valence-corrected chi connectivity index (χ3v) is 7.13. The van der Waals surface area contributed by atoms with Crippen molar-refractivity contribution in [3.63, 3.8) is 0 Å². The first-order valence-corrected chi connectivity index (χ1v) is 12.3. The standard InChI is InChI=1S/C27H33N3O5/c1-29(2)15-25(32)28-19-7-8-23-21(11-19)22-12-20(34-24(16-31)27(22)35-23)13-26(33)30-10-9-17-5-3-4-6-18(17)14-30/h3-8,11,20,22,24,27,31H,9-10,12-16H2,1-2H3,(H,28,32)/t20-,22+,24-,27-/m0/s1. The number of hydrogen-bond acceptors (Lipinski definition) is 6. The number of carbonyl (C=O) groups excluding carboxylic acids is 2. The van der Waals surface area contributed by atoms with Gasteiger partial charge in [0.05, 0.1) is 25.7 Å². The van der Waals surface area contributed by atoms with Crippen LogP contribution >= 0.6 is 0 Å². The zero-order valence-electron chi connectivity index (χ0n) is 20.3. The Hall–Kier alpha value is -2.94. The lowest BCUT2D eigenvalue weighted by atomic mass is 9.84. The van der Waals surface area contributed by atoms with Crippen molar-refractivity contribution in [2.45, 2.75) is 50.0 Å². The Morgan fingerprint density at radius 3 is 2.74 bits per heavy atom. The smallest absolute Gasteiger partial charge is 0.238 e. The van der Waals surface area contributed by atoms with E-state index in [0.717, 1.165) is 17.7 Å². The summed E-state index contributed by atoms with van der Waals surface area (Å²) >= 11 is 0. The Labute approximate surface area is 205 Å². The minimum atomic E-state index is -0.507. The highest BCUT2D eigenvalue weighted by molar-refractivity contribution is 5.92. The third kappa shape index (κ3) is 5.05. The lowest BCUT2D eigenvalue weighted by Crippen LogP contribution is -2.48. The van der Waals surface area contributed by atoms with Gasteiger partial charge in [-0.2, -0.15) is 0 Å². The third-order valence-electron chi connectivity index (χ3n) is 7.13. The number of likely N-dealkylation sites (N-methyl/N-ethyl adjacent to an activating group) is 1. The summed E-state index contributed by atoms with van der Waals surface area (Å²) in [6.45, 7) is 1.45. The topological polar surface area (TPSA) is 91.3 Å². The molecule has 5 rings (SSSR count). The number of fused-ring (bicyclic) bond motifs is 4. The van der Waals surface area contributed by atoms with Crippen LogP contribution in [0.5, 0.6) is 5.75 Å². The monoisotopic (exact) mass is 479 g/mol. The largest absolute Gasteiger partial charge is 0.487 e. The maximum atomic E-state index is 13.2. The molecule has 2 aromatic carbocycles. The van der Waals surface area contributed by atoms with Crippen LogP contribution in [0, 0.1) is 0 Å². The molecule has 0 radical (unpaired) electrons. The van der Waals surface area contributed by atoms with E-state index < -0.39 is 6.10 Å². The van der Waals surface area contributed by atoms with E-state index >= 15 is 0 Å². The average molecular weight is 480 g/mol. The SMILES string of the molecule is CN(C)CC(=O)Nc1ccc2c(c1)[C@H]1C[C@@H](CC(=O)N3CCc4ccccc4C3)O[C@@H](CO)[C@H]1O2. The molecule has 2 aromatic rings. The number of aliphatic hydroxyl groups is 1. The highest BCUT2D eigenvalue weighted by atomic mass is 16.6. The minimum Gasteiger partial charge on any atom is -0.487 e. The van der Waals surface area contributed by atoms with Crippen LogP contribution in [0.2, 0.25) is 0 Å². The Morgan fingerprint density at radius 2 is 1.97 bits per heavy atom. The van der Waals surface area contributed by atoms with E-state index in [-0.39, 0.29) is 43.0 Å². The fraction of sp³-hybridized carbons (Fsp3) is 0.481. The van der Waals surface area contributed by atoms with Crippen molar-refractivity contribution in [2.75, 3.05) is 39.1 Å². The molecular formula is C27H33N3O5. The average Bonchev–Trinajstić information content (AvgIpc) is 3.20. The van der Waals surface area contributed by atoms with E-state index in [1.807, 2.05) is 54.2 Å². The number of amides is 2. The highest BCUT2D eigenvalue weighted by Gasteiger charge is 2.46. The normalized spacial score (nSPS) is 24.9. The van der Waals surface area contributed by atoms with Crippen LogP contribution in [0.25, 0.3) is 0 Å². The number of nitrogens with one attached hydrogen (secondary N) is 1. The van der Waals surface area contributed by atoms with E-state index in [0.29, 0.717) is 31.7 Å². The summed E-state index contributed by atoms with van der Waals surface area (Å²) in [5.41, 5.74) is 4.21. The number of aliphatic hydroxyl groups excluding tert-OH is 1. The number of ether oxygens (including phenoxy) is 2. The number of benzene rings is 2. The lowest BCUT2D eigenvalue weighted by molar-refractivity contribution is -0.149. The van der Waals surface area contributed by atoms with Gasteiger partial charge in [-0.1, -0.05) is 24.3 Å². The van der Waals surface area contributed by atoms with Crippen LogP contribution in [0.3, 0.4) is 0 Å². The summed E-state index contributed by atoms with van der Waals surface area (Å²) in [7, 11) is 3.70. The first-order chi connectivity index (χ1) is 16.9. The van der Waals surface area contributed by atoms with Gasteiger partial charge in [-0.15, -0.1) is 0 Å². The van der Waals surface area contributed by atoms with Gasteiger partial charge in [-0.05, 0) is 56.3 Å². The molecule has 3 heterocycles. The van der Waals surface area contributed by atoms with Crippen LogP contribution in [0.4, 0.5) is 5.69 Å². The molecule has 2 amide bonds. The van der Waals surface area contributed by atoms with Crippen molar-refractivity contribution in [3.05, 3.63) is 59.2 Å². The number of nitrogens with zero attached hydrogens (tertiary/aromatic N) is 2. The maximum absolute atomic E-state index is 13.2. The van der Waals surface area contributed by atoms with Crippen molar-refractivity contribution >= 4 is 17.5 Å². The van der Waals surface area contributed by atoms with Crippen molar-refractivity contribution in [1.29, 1.82) is 0 Å². The maximum Gasteiger partial charge on any atom is 0.238 e. The molecule has 0 saturated carbocycles. The fourth-order valence-electron chi connectivity index (χ4n) is 5.49. The van der Waals surface area contributed by atoms with Crippen LogP contribution in [0.15, 0.2) is 42.5 Å². The minimum absolute atomic E-state index is 0.0125. The van der Waals surface area contributed by atoms with Gasteiger partial charge in [0.2, 0.25) is 11.8 Å². The molecule has 35 heavy (non-hydrogen) atoms. The van der Waals surface area contributed by atoms with E-state index in [1.165, 1.54) is 11.1 Å². The summed E-state index contributed by atoms with van der Waals surface area (Å²) in [5.74, 6) is 0.717. The molecule has 8 nitrogen and oxygen atoms in total. The Morgan fingerprint density at radius 1 is 1.17 bits per heavy atom. The number of rotatable bonds is 6. The summed E-state index contributed by atoms with van der Waals surface area (Å²) in [5, 5.41) is 13.0. The summed E-state index contributed by atoms with van der Waals surface area (Å²) in [6.07, 6.45) is 0.639. The molecule has 1 saturated heterocycles. The molecule has 2 N–H and O–H groups in total. The van der Waals surface area contributed by atoms with Gasteiger partial charge in [-0.3, -0.25) is 9.59 Å². The number of carbonyl (C=O) groups is 2. The summed E-state index contributed by atoms with van der Waals surface area (Å²) < 4.78 is 12.3. The molecule has 186 valence electrons. The van der Waals surface area contributed by atoms with Crippen molar-refractivity contribution in [1.82, 2.24) is 9.80 Å². The van der Waals surface area contributed by atoms with Gasteiger partial charge >= 0.3 is 0 Å². The van der Waals surface area contributed by atoms with Gasteiger partial charge in [0.1, 0.15) is 18.0 Å². The Balaban J connectivity index is 1.28. The predicted octanol–water partition coefficient (Wildman–Crippen LogP) is 2.16. The zero-order valence-corrected chi connectivity index (χ0v) is 20.3. The summed E-state index contributed by atoms with van der Waals surface area (Å²) in [6, 6.07) is 13.9. The second-order valence-corrected chi connectivity index (χ2v) is 9.98. The van der Waals surface area contributed by atoms with Crippen molar-refractivity contribution in [2.24, 2.45) is 0 Å². The summed E-state index contributed by atoms with van der Waals surface area (Å²) in [4.78, 5) is 29.1. The fourth-order valence-corrected chi connectivity index (χ4v) is 5.49. The van der Waals surface area contributed by atoms with Gasteiger partial charge in [0.15, 0.2) is 0 Å². The second kappa shape index (κ2) is 9.97. The highest BCUT2D eigenvalue weighted by Crippen LogP contribution is 2.47. The second-order valence-electron chi connectivity index (χ2n) is 9.98. The first kappa shape index (κ1) is 23.8. The van der Waals surface area contributed by atoms with E-state index in [9.17, 15) is 14.7 Å². The van der Waals surface area contributed by atoms with Gasteiger partial charge in [0.25, 0.3) is 0 Å². The predicted molar refractivity (Wildman–Crippen MR) is 131 cm³/mol. The van der Waals surface area contributed by atoms with Crippen LogP contribution < -0.4 is 10.1 Å². The van der Waals surface area contributed by atoms with Crippen LogP contribution in [-0.2, 0) is 27.3 Å². The quantitative estimate of drug-likeness (QED) is 0.660. The molecule has 0 bridgehead atoms. The zero-order chi connectivity index (χ0) is 24.5. The molecule has 3 aliphatic rings. The lowest BCUT2D eigenvalue weighted by Gasteiger charge is -2.38. The van der Waals surface area contributed by atoms with Crippen LogP contribution in [-0.4, -0.2) is 78.8 Å². The molecule has 3 aliphatic heterocycles. The molecule has 8 heteroatoms. The molecule has 0 aliphatic carbocycles. The Kier molecular flexibility index (Phi) is 6.77. The van der Waals surface area contributed by atoms with Crippen molar-refractivity contribution in [3.8, 4) is 5.75 Å². The van der Waals surface area contributed by atoms with E-state index in [2.05, 4.69) is 17.4 Å². The molecule has 0 spiro atoms. The molecule has 1 fully saturated rings. The number of hydrogen-bond donors (Lipinski definition) is 2. The van der Waals surface area contributed by atoms with Gasteiger partial charge in [-0.25, -0.2) is 0 Å². The van der Waals surface area contributed by atoms with Crippen molar-refractivity contribution < 1.29 is 24.2 Å².